The van der Waals surface area contributed by atoms with Gasteiger partial charge in [-0.15, -0.1) is 11.3 Å². The molecule has 0 aromatic carbocycles. The second kappa shape index (κ2) is 8.41. The summed E-state index contributed by atoms with van der Waals surface area (Å²) in [7, 11) is 0. The van der Waals surface area contributed by atoms with Crippen molar-refractivity contribution >= 4 is 34.2 Å². The van der Waals surface area contributed by atoms with Crippen LogP contribution in [-0.4, -0.2) is 31.1 Å². The topological polar surface area (TPSA) is 81.7 Å². The van der Waals surface area contributed by atoms with E-state index in [1.165, 1.54) is 5.38 Å². The van der Waals surface area contributed by atoms with E-state index < -0.39 is 11.9 Å². The van der Waals surface area contributed by atoms with E-state index in [-0.39, 0.29) is 30.2 Å². The highest BCUT2D eigenvalue weighted by Crippen LogP contribution is 2.30. The van der Waals surface area contributed by atoms with Gasteiger partial charge in [-0.3, -0.25) is 4.79 Å². The molecule has 0 aliphatic heterocycles. The Labute approximate surface area is 127 Å². The number of carbonyl (C=O) groups excluding carboxylic acids is 3. The maximum atomic E-state index is 12.0. The van der Waals surface area contributed by atoms with Crippen LogP contribution >= 0.6 is 11.3 Å². The van der Waals surface area contributed by atoms with Gasteiger partial charge in [0.05, 0.1) is 18.8 Å². The second-order valence-electron chi connectivity index (χ2n) is 4.09. The molecule has 0 spiro atoms. The first-order chi connectivity index (χ1) is 10.0. The number of ether oxygens (including phenoxy) is 2. The summed E-state index contributed by atoms with van der Waals surface area (Å²) in [6, 6.07) is 0. The van der Waals surface area contributed by atoms with Crippen LogP contribution in [0.5, 0.6) is 0 Å². The van der Waals surface area contributed by atoms with Gasteiger partial charge in [-0.1, -0.05) is 6.92 Å². The van der Waals surface area contributed by atoms with Gasteiger partial charge in [0, 0.05) is 11.8 Å². The number of amides is 1. The molecule has 1 amide bonds. The lowest BCUT2D eigenvalue weighted by Crippen LogP contribution is -2.16. The second-order valence-corrected chi connectivity index (χ2v) is 4.97. The first-order valence-corrected chi connectivity index (χ1v) is 7.68. The quantitative estimate of drug-likeness (QED) is 0.783. The van der Waals surface area contributed by atoms with E-state index in [9.17, 15) is 14.4 Å². The smallest absolute Gasteiger partial charge is 0.342 e. The van der Waals surface area contributed by atoms with Gasteiger partial charge in [0.25, 0.3) is 0 Å². The molecule has 0 aliphatic rings. The van der Waals surface area contributed by atoms with Gasteiger partial charge in [-0.25, -0.2) is 9.59 Å². The highest BCUT2D eigenvalue weighted by molar-refractivity contribution is 7.15. The molecular weight excluding hydrogens is 294 g/mol. The van der Waals surface area contributed by atoms with E-state index in [1.807, 2.05) is 6.92 Å². The number of carbonyl (C=O) groups is 3. The van der Waals surface area contributed by atoms with Crippen LogP contribution in [0.4, 0.5) is 5.00 Å². The first kappa shape index (κ1) is 17.2. The molecule has 1 aromatic heterocycles. The van der Waals surface area contributed by atoms with Gasteiger partial charge in [-0.05, 0) is 20.3 Å². The van der Waals surface area contributed by atoms with Crippen LogP contribution in [0.25, 0.3) is 0 Å². The minimum atomic E-state index is -0.645. The fraction of sp³-hybridized carbons (Fsp3) is 0.500. The van der Waals surface area contributed by atoms with Crippen molar-refractivity contribution in [3.8, 4) is 0 Å². The SMILES string of the molecule is CCCC(=O)Nc1scc(C(=O)OCC)c1C(=O)OCC. The zero-order valence-electron chi connectivity index (χ0n) is 12.4. The molecule has 21 heavy (non-hydrogen) atoms. The van der Waals surface area contributed by atoms with Crippen LogP contribution in [0.3, 0.4) is 0 Å². The van der Waals surface area contributed by atoms with Gasteiger partial charge >= 0.3 is 11.9 Å². The van der Waals surface area contributed by atoms with Gasteiger partial charge < -0.3 is 14.8 Å². The lowest BCUT2D eigenvalue weighted by atomic mass is 10.2. The predicted molar refractivity (Wildman–Crippen MR) is 79.8 cm³/mol. The summed E-state index contributed by atoms with van der Waals surface area (Å²) < 4.78 is 9.86. The molecular formula is C14H19NO5S. The van der Waals surface area contributed by atoms with Crippen LogP contribution in [0, 0.1) is 0 Å². The highest BCUT2D eigenvalue weighted by Gasteiger charge is 2.26. The summed E-state index contributed by atoms with van der Waals surface area (Å²) in [4.78, 5) is 35.6. The molecule has 116 valence electrons. The van der Waals surface area contributed by atoms with Gasteiger partial charge in [0.1, 0.15) is 10.6 Å². The van der Waals surface area contributed by atoms with Crippen molar-refractivity contribution in [2.24, 2.45) is 0 Å². The maximum Gasteiger partial charge on any atom is 0.342 e. The van der Waals surface area contributed by atoms with Crippen LogP contribution in [-0.2, 0) is 14.3 Å². The summed E-state index contributed by atoms with van der Waals surface area (Å²) in [6.07, 6.45) is 1.03. The Balaban J connectivity index is 3.10. The maximum absolute atomic E-state index is 12.0. The normalized spacial score (nSPS) is 10.0. The van der Waals surface area contributed by atoms with Gasteiger partial charge in [-0.2, -0.15) is 0 Å². The van der Waals surface area contributed by atoms with Crippen molar-refractivity contribution in [2.45, 2.75) is 33.6 Å². The van der Waals surface area contributed by atoms with E-state index >= 15 is 0 Å². The number of nitrogens with one attached hydrogen (secondary N) is 1. The molecule has 0 aliphatic carbocycles. The zero-order valence-corrected chi connectivity index (χ0v) is 13.2. The molecule has 1 heterocycles. The average Bonchev–Trinajstić information content (AvgIpc) is 2.83. The molecule has 6 nitrogen and oxygen atoms in total. The number of hydrogen-bond acceptors (Lipinski definition) is 6. The number of esters is 2. The van der Waals surface area contributed by atoms with E-state index in [1.54, 1.807) is 13.8 Å². The monoisotopic (exact) mass is 313 g/mol. The number of anilines is 1. The van der Waals surface area contributed by atoms with E-state index in [4.69, 9.17) is 9.47 Å². The lowest BCUT2D eigenvalue weighted by molar-refractivity contribution is -0.116. The summed E-state index contributed by atoms with van der Waals surface area (Å²) in [6.45, 7) is 5.61. The molecule has 0 atom stereocenters. The Hall–Kier alpha value is -1.89. The van der Waals surface area contributed by atoms with Crippen molar-refractivity contribution in [1.29, 1.82) is 0 Å². The Kier molecular flexibility index (Phi) is 6.87. The molecule has 0 fully saturated rings. The molecule has 1 rings (SSSR count). The molecule has 0 unspecified atom stereocenters. The minimum Gasteiger partial charge on any atom is -0.462 e. The minimum absolute atomic E-state index is 0.0600. The Bertz CT molecular complexity index is 523. The standard InChI is InChI=1S/C14H19NO5S/c1-4-7-10(16)15-12-11(14(18)20-6-3)9(8-21-12)13(17)19-5-2/h8H,4-7H2,1-3H3,(H,15,16). The zero-order chi connectivity index (χ0) is 15.8. The third-order valence-electron chi connectivity index (χ3n) is 2.50. The molecule has 0 radical (unpaired) electrons. The summed E-state index contributed by atoms with van der Waals surface area (Å²) in [5.74, 6) is -1.46. The lowest BCUT2D eigenvalue weighted by Gasteiger charge is -2.07. The van der Waals surface area contributed by atoms with Crippen molar-refractivity contribution in [3.63, 3.8) is 0 Å². The highest BCUT2D eigenvalue weighted by atomic mass is 32.1. The molecule has 0 bridgehead atoms. The van der Waals surface area contributed by atoms with Crippen molar-refractivity contribution < 1.29 is 23.9 Å². The molecule has 0 saturated heterocycles. The molecule has 1 aromatic rings. The van der Waals surface area contributed by atoms with E-state index in [2.05, 4.69) is 5.32 Å². The number of thiophene rings is 1. The Morgan fingerprint density at radius 2 is 1.71 bits per heavy atom. The molecule has 0 saturated carbocycles. The third kappa shape index (κ3) is 4.56. The largest absolute Gasteiger partial charge is 0.462 e. The third-order valence-corrected chi connectivity index (χ3v) is 3.39. The van der Waals surface area contributed by atoms with Crippen LogP contribution in [0.15, 0.2) is 5.38 Å². The van der Waals surface area contributed by atoms with Gasteiger partial charge in [0.2, 0.25) is 5.91 Å². The predicted octanol–water partition coefficient (Wildman–Crippen LogP) is 2.84. The van der Waals surface area contributed by atoms with E-state index in [0.29, 0.717) is 17.8 Å². The fourth-order valence-electron chi connectivity index (χ4n) is 1.63. The van der Waals surface area contributed by atoms with Crippen LogP contribution in [0.1, 0.15) is 54.3 Å². The summed E-state index contributed by atoms with van der Waals surface area (Å²) in [5, 5.41) is 4.45. The van der Waals surface area contributed by atoms with Crippen molar-refractivity contribution in [1.82, 2.24) is 0 Å². The first-order valence-electron chi connectivity index (χ1n) is 6.80. The van der Waals surface area contributed by atoms with Crippen LogP contribution in [0.2, 0.25) is 0 Å². The summed E-state index contributed by atoms with van der Waals surface area (Å²) in [5.41, 5.74) is 0.178. The number of hydrogen-bond donors (Lipinski definition) is 1. The van der Waals surface area contributed by atoms with E-state index in [0.717, 1.165) is 11.3 Å². The molecule has 7 heteroatoms. The van der Waals surface area contributed by atoms with Crippen LogP contribution < -0.4 is 5.32 Å². The average molecular weight is 313 g/mol. The van der Waals surface area contributed by atoms with Crippen molar-refractivity contribution in [3.05, 3.63) is 16.5 Å². The molecule has 1 N–H and O–H groups in total. The number of rotatable bonds is 7. The Morgan fingerprint density at radius 1 is 1.10 bits per heavy atom. The Morgan fingerprint density at radius 3 is 2.29 bits per heavy atom. The summed E-state index contributed by atoms with van der Waals surface area (Å²) >= 11 is 1.11. The van der Waals surface area contributed by atoms with Crippen molar-refractivity contribution in [2.75, 3.05) is 18.5 Å². The van der Waals surface area contributed by atoms with Gasteiger partial charge in [0.15, 0.2) is 0 Å². The fourth-order valence-corrected chi connectivity index (χ4v) is 2.56.